The van der Waals surface area contributed by atoms with E-state index in [9.17, 15) is 9.18 Å². The number of aromatic nitrogens is 1. The quantitative estimate of drug-likeness (QED) is 0.460. The molecule has 0 radical (unpaired) electrons. The maximum absolute atomic E-state index is 13.9. The minimum Gasteiger partial charge on any atom is -0.378 e. The summed E-state index contributed by atoms with van der Waals surface area (Å²) in [6.45, 7) is 8.19. The fourth-order valence-electron chi connectivity index (χ4n) is 5.17. The van der Waals surface area contributed by atoms with E-state index in [-0.39, 0.29) is 17.6 Å². The van der Waals surface area contributed by atoms with E-state index in [1.54, 1.807) is 0 Å². The number of benzene rings is 2. The molecule has 0 spiro atoms. The summed E-state index contributed by atoms with van der Waals surface area (Å²) in [5.74, 6) is 0.777. The molecule has 2 saturated heterocycles. The Morgan fingerprint density at radius 2 is 1.72 bits per heavy atom. The maximum Gasteiger partial charge on any atom is 0.167 e. The average Bonchev–Trinajstić information content (AvgIpc) is 2.89. The van der Waals surface area contributed by atoms with Crippen molar-refractivity contribution < 1.29 is 13.9 Å². The van der Waals surface area contributed by atoms with E-state index in [0.717, 1.165) is 41.3 Å². The van der Waals surface area contributed by atoms with E-state index in [0.29, 0.717) is 26.3 Å². The first-order valence-corrected chi connectivity index (χ1v) is 12.5. The maximum atomic E-state index is 13.9. The smallest absolute Gasteiger partial charge is 0.167 e. The van der Waals surface area contributed by atoms with Gasteiger partial charge in [0.25, 0.3) is 0 Å². The zero-order valence-electron chi connectivity index (χ0n) is 20.9. The fourth-order valence-corrected chi connectivity index (χ4v) is 5.17. The number of piperidine rings is 1. The van der Waals surface area contributed by atoms with Crippen LogP contribution in [-0.4, -0.2) is 48.5 Å². The third-order valence-electron chi connectivity index (χ3n) is 6.94. The number of ether oxygens (including phenoxy) is 1. The molecule has 0 saturated carbocycles. The van der Waals surface area contributed by atoms with Crippen LogP contribution >= 0.6 is 0 Å². The van der Waals surface area contributed by atoms with Gasteiger partial charge in [0.05, 0.1) is 24.9 Å². The molecule has 1 unspecified atom stereocenters. The number of hydrogen-bond donors (Lipinski definition) is 0. The van der Waals surface area contributed by atoms with Gasteiger partial charge in [0, 0.05) is 37.2 Å². The fraction of sp³-hybridized carbons (Fsp3) is 0.333. The summed E-state index contributed by atoms with van der Waals surface area (Å²) in [5.41, 5.74) is 2.99. The van der Waals surface area contributed by atoms with Crippen molar-refractivity contribution in [1.82, 2.24) is 9.88 Å². The van der Waals surface area contributed by atoms with E-state index in [2.05, 4.69) is 21.9 Å². The second-order valence-corrected chi connectivity index (χ2v) is 10.2. The van der Waals surface area contributed by atoms with Crippen LogP contribution in [0.3, 0.4) is 0 Å². The number of rotatable bonds is 5. The molecule has 186 valence electrons. The molecule has 2 aromatic carbocycles. The number of halogens is 1. The largest absolute Gasteiger partial charge is 0.378 e. The van der Waals surface area contributed by atoms with Crippen LogP contribution in [0.5, 0.6) is 0 Å². The normalized spacial score (nSPS) is 21.6. The summed E-state index contributed by atoms with van der Waals surface area (Å²) in [5, 5.41) is 0. The van der Waals surface area contributed by atoms with Crippen molar-refractivity contribution in [1.29, 1.82) is 0 Å². The Balaban J connectivity index is 1.56. The van der Waals surface area contributed by atoms with E-state index in [1.807, 2.05) is 68.5 Å². The molecular formula is C30H32FN3O2. The average molecular weight is 486 g/mol. The summed E-state index contributed by atoms with van der Waals surface area (Å²) >= 11 is 0. The molecule has 0 bridgehead atoms. The first kappa shape index (κ1) is 24.3. The first-order chi connectivity index (χ1) is 17.4. The van der Waals surface area contributed by atoms with Crippen molar-refractivity contribution in [3.8, 4) is 0 Å². The predicted octanol–water partition coefficient (Wildman–Crippen LogP) is 5.29. The third-order valence-corrected chi connectivity index (χ3v) is 6.94. The SMILES string of the molecule is CC1(C)CN(Cc2ccc(F)cc2)C(c2ccccc2)/C(=C/c2cccc(N3CCOCC3)n2)C1=O. The summed E-state index contributed by atoms with van der Waals surface area (Å²) < 4.78 is 19.1. The molecule has 0 N–H and O–H groups in total. The van der Waals surface area contributed by atoms with E-state index >= 15 is 0 Å². The number of pyridine rings is 1. The lowest BCUT2D eigenvalue weighted by Crippen LogP contribution is -2.49. The van der Waals surface area contributed by atoms with Gasteiger partial charge in [-0.25, -0.2) is 9.37 Å². The van der Waals surface area contributed by atoms with Crippen LogP contribution < -0.4 is 4.90 Å². The van der Waals surface area contributed by atoms with Crippen molar-refractivity contribution in [2.45, 2.75) is 26.4 Å². The molecule has 1 atom stereocenters. The van der Waals surface area contributed by atoms with Crippen LogP contribution in [0.1, 0.15) is 36.7 Å². The molecule has 36 heavy (non-hydrogen) atoms. The number of carbonyl (C=O) groups is 1. The van der Waals surface area contributed by atoms with Crippen LogP contribution in [0.4, 0.5) is 10.2 Å². The summed E-state index contributed by atoms with van der Waals surface area (Å²) in [7, 11) is 0. The summed E-state index contributed by atoms with van der Waals surface area (Å²) in [6, 6.07) is 22.5. The van der Waals surface area contributed by atoms with Gasteiger partial charge in [0.2, 0.25) is 0 Å². The van der Waals surface area contributed by atoms with Crippen LogP contribution in [0.2, 0.25) is 0 Å². The lowest BCUT2D eigenvalue weighted by atomic mass is 9.74. The minimum absolute atomic E-state index is 0.130. The van der Waals surface area contributed by atoms with Crippen molar-refractivity contribution in [3.63, 3.8) is 0 Å². The van der Waals surface area contributed by atoms with Gasteiger partial charge in [-0.3, -0.25) is 9.69 Å². The van der Waals surface area contributed by atoms with E-state index in [4.69, 9.17) is 9.72 Å². The molecule has 0 aliphatic carbocycles. The monoisotopic (exact) mass is 485 g/mol. The van der Waals surface area contributed by atoms with Gasteiger partial charge < -0.3 is 9.64 Å². The first-order valence-electron chi connectivity index (χ1n) is 12.5. The van der Waals surface area contributed by atoms with Gasteiger partial charge in [-0.2, -0.15) is 0 Å². The summed E-state index contributed by atoms with van der Waals surface area (Å²) in [6.07, 6.45) is 1.96. The number of nitrogens with zero attached hydrogens (tertiary/aromatic N) is 3. The highest BCUT2D eigenvalue weighted by Gasteiger charge is 2.43. The van der Waals surface area contributed by atoms with Gasteiger partial charge in [-0.05, 0) is 41.5 Å². The van der Waals surface area contributed by atoms with Crippen LogP contribution in [0, 0.1) is 11.2 Å². The Kier molecular flexibility index (Phi) is 6.99. The Morgan fingerprint density at radius 1 is 1.00 bits per heavy atom. The number of Topliss-reactive ketones (excluding diaryl/α,β-unsaturated/α-hetero) is 1. The molecule has 5 rings (SSSR count). The summed E-state index contributed by atoms with van der Waals surface area (Å²) in [4.78, 5) is 23.3. The molecule has 0 amide bonds. The third kappa shape index (κ3) is 5.25. The van der Waals surface area contributed by atoms with Crippen LogP contribution in [0.15, 0.2) is 78.4 Å². The van der Waals surface area contributed by atoms with Gasteiger partial charge in [-0.1, -0.05) is 62.4 Å². The molecule has 6 heteroatoms. The number of hydrogen-bond acceptors (Lipinski definition) is 5. The minimum atomic E-state index is -0.570. The molecule has 5 nitrogen and oxygen atoms in total. The molecule has 2 aliphatic heterocycles. The van der Waals surface area contributed by atoms with Crippen molar-refractivity contribution in [2.75, 3.05) is 37.7 Å². The number of anilines is 1. The highest BCUT2D eigenvalue weighted by atomic mass is 19.1. The lowest BCUT2D eigenvalue weighted by Gasteiger charge is -2.44. The van der Waals surface area contributed by atoms with E-state index < -0.39 is 5.41 Å². The predicted molar refractivity (Wildman–Crippen MR) is 140 cm³/mol. The standard InChI is InChI=1S/C30H32FN3O2/c1-30(2)21-34(20-22-11-13-24(31)14-12-22)28(23-7-4-3-5-8-23)26(29(30)35)19-25-9-6-10-27(32-25)33-15-17-36-18-16-33/h3-14,19,28H,15-18,20-21H2,1-2H3/b26-19-. The van der Waals surface area contributed by atoms with Crippen LogP contribution in [-0.2, 0) is 16.1 Å². The van der Waals surface area contributed by atoms with Gasteiger partial charge >= 0.3 is 0 Å². The number of morpholine rings is 1. The lowest BCUT2D eigenvalue weighted by molar-refractivity contribution is -0.128. The Morgan fingerprint density at radius 3 is 2.44 bits per heavy atom. The molecule has 3 heterocycles. The second kappa shape index (κ2) is 10.3. The highest BCUT2D eigenvalue weighted by Crippen LogP contribution is 2.42. The Hall–Kier alpha value is -3.35. The molecular weight excluding hydrogens is 453 g/mol. The van der Waals surface area contributed by atoms with Crippen molar-refractivity contribution >= 4 is 17.7 Å². The van der Waals surface area contributed by atoms with Gasteiger partial charge in [0.1, 0.15) is 11.6 Å². The zero-order valence-corrected chi connectivity index (χ0v) is 20.9. The van der Waals surface area contributed by atoms with E-state index in [1.165, 1.54) is 12.1 Å². The second-order valence-electron chi connectivity index (χ2n) is 10.2. The topological polar surface area (TPSA) is 45.7 Å². The van der Waals surface area contributed by atoms with Gasteiger partial charge in [0.15, 0.2) is 5.78 Å². The van der Waals surface area contributed by atoms with Crippen molar-refractivity contribution in [3.05, 3.63) is 101 Å². The molecule has 1 aromatic heterocycles. The Bertz CT molecular complexity index is 1230. The molecule has 2 aliphatic rings. The van der Waals surface area contributed by atoms with Crippen LogP contribution in [0.25, 0.3) is 6.08 Å². The Labute approximate surface area is 212 Å². The zero-order chi connectivity index (χ0) is 25.1. The highest BCUT2D eigenvalue weighted by molar-refractivity contribution is 6.05. The molecule has 2 fully saturated rings. The van der Waals surface area contributed by atoms with Gasteiger partial charge in [-0.15, -0.1) is 0 Å². The molecule has 3 aromatic rings. The number of ketones is 1. The number of carbonyl (C=O) groups excluding carboxylic acids is 1. The van der Waals surface area contributed by atoms with Crippen molar-refractivity contribution in [2.24, 2.45) is 5.41 Å². The number of likely N-dealkylation sites (tertiary alicyclic amines) is 1.